The van der Waals surface area contributed by atoms with E-state index in [1.165, 1.54) is 12.1 Å². The molecule has 0 aromatic heterocycles. The lowest BCUT2D eigenvalue weighted by molar-refractivity contribution is 0.0832. The Morgan fingerprint density at radius 2 is 2.05 bits per heavy atom. The molecular formula is C12H13FN2O3S. The zero-order valence-electron chi connectivity index (χ0n) is 10.1. The molecule has 1 aromatic carbocycles. The van der Waals surface area contributed by atoms with Crippen molar-refractivity contribution in [1.82, 2.24) is 4.72 Å². The molecule has 5 nitrogen and oxygen atoms in total. The summed E-state index contributed by atoms with van der Waals surface area (Å²) >= 11 is 0. The van der Waals surface area contributed by atoms with E-state index in [1.54, 1.807) is 6.07 Å². The Labute approximate surface area is 111 Å². The minimum absolute atomic E-state index is 0.242. The average Bonchev–Trinajstić information content (AvgIpc) is 2.39. The second-order valence-electron chi connectivity index (χ2n) is 4.23. The van der Waals surface area contributed by atoms with Gasteiger partial charge in [0.25, 0.3) is 0 Å². The van der Waals surface area contributed by atoms with Crippen LogP contribution in [0.4, 0.5) is 4.39 Å². The summed E-state index contributed by atoms with van der Waals surface area (Å²) in [4.78, 5) is -0.318. The van der Waals surface area contributed by atoms with Gasteiger partial charge in [-0.05, 0) is 25.0 Å². The Kier molecular flexibility index (Phi) is 4.14. The van der Waals surface area contributed by atoms with Crippen LogP contribution in [0.25, 0.3) is 0 Å². The zero-order chi connectivity index (χ0) is 13.9. The number of halogens is 1. The Bertz CT molecular complexity index is 604. The number of hydrogen-bond acceptors (Lipinski definition) is 4. The second kappa shape index (κ2) is 5.65. The first-order valence-electron chi connectivity index (χ1n) is 5.83. The molecular weight excluding hydrogens is 271 g/mol. The maximum absolute atomic E-state index is 13.4. The predicted octanol–water partition coefficient (Wildman–Crippen LogP) is 1.15. The van der Waals surface area contributed by atoms with Gasteiger partial charge in [-0.15, -0.1) is 0 Å². The van der Waals surface area contributed by atoms with Crippen molar-refractivity contribution in [3.63, 3.8) is 0 Å². The highest BCUT2D eigenvalue weighted by Crippen LogP contribution is 2.19. The van der Waals surface area contributed by atoms with E-state index in [0.29, 0.717) is 26.1 Å². The quantitative estimate of drug-likeness (QED) is 0.903. The van der Waals surface area contributed by atoms with Crippen molar-refractivity contribution < 1.29 is 17.5 Å². The molecule has 0 spiro atoms. The largest absolute Gasteiger partial charge is 0.381 e. The molecule has 0 radical (unpaired) electrons. The Balaban J connectivity index is 2.29. The third-order valence-electron chi connectivity index (χ3n) is 2.92. The van der Waals surface area contributed by atoms with Gasteiger partial charge in [0.2, 0.25) is 10.0 Å². The molecule has 1 heterocycles. The molecule has 1 aliphatic heterocycles. The number of nitrogens with one attached hydrogen (secondary N) is 1. The first-order chi connectivity index (χ1) is 9.04. The molecule has 0 amide bonds. The molecule has 0 bridgehead atoms. The third-order valence-corrected chi connectivity index (χ3v) is 4.48. The summed E-state index contributed by atoms with van der Waals surface area (Å²) in [6.45, 7) is 0.975. The van der Waals surface area contributed by atoms with Crippen molar-refractivity contribution in [1.29, 1.82) is 5.26 Å². The fourth-order valence-corrected chi connectivity index (χ4v) is 3.41. The minimum Gasteiger partial charge on any atom is -0.381 e. The summed E-state index contributed by atoms with van der Waals surface area (Å²) < 4.78 is 45.4. The lowest BCUT2D eigenvalue weighted by Crippen LogP contribution is -2.39. The van der Waals surface area contributed by atoms with Gasteiger partial charge in [-0.3, -0.25) is 0 Å². The zero-order valence-corrected chi connectivity index (χ0v) is 10.9. The lowest BCUT2D eigenvalue weighted by Gasteiger charge is -2.23. The van der Waals surface area contributed by atoms with E-state index in [0.717, 1.165) is 6.07 Å². The molecule has 0 saturated carbocycles. The highest BCUT2D eigenvalue weighted by molar-refractivity contribution is 7.89. The number of nitriles is 1. The van der Waals surface area contributed by atoms with E-state index < -0.39 is 21.4 Å². The van der Waals surface area contributed by atoms with Gasteiger partial charge in [-0.2, -0.15) is 5.26 Å². The van der Waals surface area contributed by atoms with Crippen LogP contribution in [0.5, 0.6) is 0 Å². The van der Waals surface area contributed by atoms with Crippen LogP contribution in [0, 0.1) is 17.1 Å². The smallest absolute Gasteiger partial charge is 0.242 e. The number of hydrogen-bond donors (Lipinski definition) is 1. The minimum atomic E-state index is -3.89. The van der Waals surface area contributed by atoms with Crippen LogP contribution in [0.3, 0.4) is 0 Å². The van der Waals surface area contributed by atoms with Gasteiger partial charge < -0.3 is 4.74 Å². The molecule has 0 atom stereocenters. The summed E-state index contributed by atoms with van der Waals surface area (Å²) in [5, 5.41) is 8.87. The average molecular weight is 284 g/mol. The highest BCUT2D eigenvalue weighted by atomic mass is 32.2. The molecule has 102 valence electrons. The van der Waals surface area contributed by atoms with Gasteiger partial charge >= 0.3 is 0 Å². The van der Waals surface area contributed by atoms with E-state index in [1.807, 2.05) is 0 Å². The molecule has 1 aliphatic rings. The van der Waals surface area contributed by atoms with Crippen LogP contribution in [-0.2, 0) is 14.8 Å². The first-order valence-corrected chi connectivity index (χ1v) is 7.31. The maximum atomic E-state index is 13.4. The number of benzene rings is 1. The van der Waals surface area contributed by atoms with Gasteiger partial charge in [-0.1, -0.05) is 6.07 Å². The van der Waals surface area contributed by atoms with Gasteiger partial charge in [0.05, 0.1) is 0 Å². The summed E-state index contributed by atoms with van der Waals surface area (Å²) in [7, 11) is -3.89. The SMILES string of the molecule is N#Cc1c(F)cccc1S(=O)(=O)NC1CCOCC1. The molecule has 1 saturated heterocycles. The molecule has 7 heteroatoms. The van der Waals surface area contributed by atoms with Crippen LogP contribution in [0.2, 0.25) is 0 Å². The van der Waals surface area contributed by atoms with Gasteiger partial charge in [-0.25, -0.2) is 17.5 Å². The monoisotopic (exact) mass is 284 g/mol. The Hall–Kier alpha value is -1.49. The van der Waals surface area contributed by atoms with E-state index in [2.05, 4.69) is 4.72 Å². The Morgan fingerprint density at radius 3 is 2.68 bits per heavy atom. The maximum Gasteiger partial charge on any atom is 0.242 e. The van der Waals surface area contributed by atoms with Gasteiger partial charge in [0.1, 0.15) is 22.3 Å². The van der Waals surface area contributed by atoms with Crippen molar-refractivity contribution in [2.45, 2.75) is 23.8 Å². The number of rotatable bonds is 3. The number of ether oxygens (including phenoxy) is 1. The van der Waals surface area contributed by atoms with E-state index in [-0.39, 0.29) is 10.9 Å². The van der Waals surface area contributed by atoms with Gasteiger partial charge in [0, 0.05) is 19.3 Å². The molecule has 1 N–H and O–H groups in total. The van der Waals surface area contributed by atoms with Crippen molar-refractivity contribution >= 4 is 10.0 Å². The van der Waals surface area contributed by atoms with Crippen molar-refractivity contribution in [3.05, 3.63) is 29.6 Å². The van der Waals surface area contributed by atoms with Crippen LogP contribution >= 0.6 is 0 Å². The first kappa shape index (κ1) is 13.9. The molecule has 19 heavy (non-hydrogen) atoms. The molecule has 2 rings (SSSR count). The van der Waals surface area contributed by atoms with Crippen molar-refractivity contribution in [3.8, 4) is 6.07 Å². The fourth-order valence-electron chi connectivity index (χ4n) is 1.94. The van der Waals surface area contributed by atoms with Crippen LogP contribution in [0.1, 0.15) is 18.4 Å². The topological polar surface area (TPSA) is 79.2 Å². The lowest BCUT2D eigenvalue weighted by atomic mass is 10.1. The Morgan fingerprint density at radius 1 is 1.37 bits per heavy atom. The van der Waals surface area contributed by atoms with Gasteiger partial charge in [0.15, 0.2) is 0 Å². The van der Waals surface area contributed by atoms with E-state index >= 15 is 0 Å². The van der Waals surface area contributed by atoms with Crippen molar-refractivity contribution in [2.75, 3.05) is 13.2 Å². The van der Waals surface area contributed by atoms with Crippen LogP contribution in [-0.4, -0.2) is 27.7 Å². The molecule has 0 aliphatic carbocycles. The molecule has 1 aromatic rings. The highest BCUT2D eigenvalue weighted by Gasteiger charge is 2.25. The van der Waals surface area contributed by atoms with Crippen LogP contribution < -0.4 is 4.72 Å². The fraction of sp³-hybridized carbons (Fsp3) is 0.417. The third kappa shape index (κ3) is 3.10. The standard InChI is InChI=1S/C12H13FN2O3S/c13-11-2-1-3-12(10(11)8-14)19(16,17)15-9-4-6-18-7-5-9/h1-3,9,15H,4-7H2. The summed E-state index contributed by atoms with van der Waals surface area (Å²) in [6.07, 6.45) is 1.13. The predicted molar refractivity (Wildman–Crippen MR) is 65.3 cm³/mol. The van der Waals surface area contributed by atoms with Crippen LogP contribution in [0.15, 0.2) is 23.1 Å². The van der Waals surface area contributed by atoms with E-state index in [9.17, 15) is 12.8 Å². The molecule has 1 fully saturated rings. The molecule has 0 unspecified atom stereocenters. The summed E-state index contributed by atoms with van der Waals surface area (Å²) in [5.74, 6) is -0.836. The van der Waals surface area contributed by atoms with Crippen molar-refractivity contribution in [2.24, 2.45) is 0 Å². The summed E-state index contributed by atoms with van der Waals surface area (Å²) in [5.41, 5.74) is -0.456. The number of sulfonamides is 1. The normalized spacial score (nSPS) is 17.1. The number of nitrogens with zero attached hydrogens (tertiary/aromatic N) is 1. The second-order valence-corrected chi connectivity index (χ2v) is 5.92. The summed E-state index contributed by atoms with van der Waals surface area (Å²) in [6, 6.07) is 4.91. The van der Waals surface area contributed by atoms with E-state index in [4.69, 9.17) is 10.00 Å².